The minimum atomic E-state index is -3.34. The predicted octanol–water partition coefficient (Wildman–Crippen LogP) is 2.69. The number of rotatable bonds is 4. The highest BCUT2D eigenvalue weighted by Crippen LogP contribution is 2.35. The molecule has 0 aliphatic heterocycles. The van der Waals surface area contributed by atoms with Crippen LogP contribution in [0.1, 0.15) is 6.92 Å². The van der Waals surface area contributed by atoms with E-state index in [1.165, 1.54) is 12.3 Å². The molecule has 5 nitrogen and oxygen atoms in total. The average Bonchev–Trinajstić information content (AvgIpc) is 2.53. The first-order valence-corrected chi connectivity index (χ1v) is 7.65. The number of nitrogen functional groups attached to an aromatic ring is 1. The lowest BCUT2D eigenvalue weighted by atomic mass is 9.64. The van der Waals surface area contributed by atoms with Gasteiger partial charge in [0.25, 0.3) is 0 Å². The van der Waals surface area contributed by atoms with Crippen LogP contribution in [0, 0.1) is 0 Å². The first-order valence-electron chi connectivity index (χ1n) is 7.65. The Morgan fingerprint density at radius 3 is 2.64 bits per heavy atom. The molecule has 0 fully saturated rings. The van der Waals surface area contributed by atoms with E-state index in [0.717, 1.165) is 0 Å². The van der Waals surface area contributed by atoms with Crippen LogP contribution in [0.5, 0.6) is 5.75 Å². The number of nitrogens with two attached hydrogens (primary N) is 1. The van der Waals surface area contributed by atoms with E-state index >= 15 is 0 Å². The van der Waals surface area contributed by atoms with E-state index in [-0.39, 0.29) is 5.75 Å². The zero-order chi connectivity index (χ0) is 18.2. The first-order chi connectivity index (χ1) is 11.7. The second kappa shape index (κ2) is 6.29. The summed E-state index contributed by atoms with van der Waals surface area (Å²) in [6.07, 6.45) is -1.82. The quantitative estimate of drug-likeness (QED) is 0.562. The third kappa shape index (κ3) is 3.69. The van der Waals surface area contributed by atoms with Crippen molar-refractivity contribution in [2.24, 2.45) is 0 Å². The maximum absolute atomic E-state index is 13.4. The van der Waals surface area contributed by atoms with Crippen LogP contribution in [0.3, 0.4) is 0 Å². The summed E-state index contributed by atoms with van der Waals surface area (Å²) in [7, 11) is 0. The topological polar surface area (TPSA) is 81.3 Å². The number of hydrogen-bond acceptors (Lipinski definition) is 5. The fourth-order valence-corrected chi connectivity index (χ4v) is 2.60. The number of benzene rings is 2. The number of halogens is 2. The van der Waals surface area contributed by atoms with Gasteiger partial charge in [0.2, 0.25) is 0 Å². The van der Waals surface area contributed by atoms with Gasteiger partial charge in [0.05, 0.1) is 11.7 Å². The minimum Gasteiger partial charge on any atom is -0.447 e. The molecule has 0 atom stereocenters. The molecular weight excluding hydrogens is 327 g/mol. The van der Waals surface area contributed by atoms with Crippen LogP contribution in [-0.2, 0) is 0 Å². The molecule has 3 aromatic rings. The summed E-state index contributed by atoms with van der Waals surface area (Å²) in [6.45, 7) is 1.50. The van der Waals surface area contributed by atoms with Gasteiger partial charge in [-0.15, -0.1) is 0 Å². The SMILES string of the molecule is CB(O)c1ccc(OC(C)(F)F)c(-c2cc(N)c3ccnnc3c2)c1. The van der Waals surface area contributed by atoms with Gasteiger partial charge >= 0.3 is 13.0 Å². The molecule has 0 amide bonds. The summed E-state index contributed by atoms with van der Waals surface area (Å²) >= 11 is 0. The highest BCUT2D eigenvalue weighted by Gasteiger charge is 2.25. The molecule has 0 aliphatic rings. The molecule has 128 valence electrons. The van der Waals surface area contributed by atoms with E-state index in [9.17, 15) is 13.8 Å². The van der Waals surface area contributed by atoms with Crippen molar-refractivity contribution in [2.45, 2.75) is 19.9 Å². The van der Waals surface area contributed by atoms with Crippen LogP contribution in [0.2, 0.25) is 6.82 Å². The molecule has 3 N–H and O–H groups in total. The fraction of sp³-hybridized carbons (Fsp3) is 0.176. The van der Waals surface area contributed by atoms with Crippen LogP contribution in [0.25, 0.3) is 22.0 Å². The molecule has 25 heavy (non-hydrogen) atoms. The Balaban J connectivity index is 2.21. The third-order valence-corrected chi connectivity index (χ3v) is 3.75. The Bertz CT molecular complexity index is 929. The molecule has 0 unspecified atom stereocenters. The molecule has 0 saturated heterocycles. The highest BCUT2D eigenvalue weighted by molar-refractivity contribution is 6.64. The Morgan fingerprint density at radius 2 is 1.96 bits per heavy atom. The number of nitrogens with zero attached hydrogens (tertiary/aromatic N) is 2. The van der Waals surface area contributed by atoms with Crippen molar-refractivity contribution in [3.8, 4) is 16.9 Å². The normalized spacial score (nSPS) is 11.6. The predicted molar refractivity (Wildman–Crippen MR) is 94.1 cm³/mol. The second-order valence-electron chi connectivity index (χ2n) is 5.87. The van der Waals surface area contributed by atoms with Crippen LogP contribution in [-0.4, -0.2) is 28.2 Å². The molecule has 1 aromatic heterocycles. The van der Waals surface area contributed by atoms with Gasteiger partial charge < -0.3 is 15.5 Å². The van der Waals surface area contributed by atoms with E-state index in [1.54, 1.807) is 37.2 Å². The van der Waals surface area contributed by atoms with E-state index in [2.05, 4.69) is 10.2 Å². The van der Waals surface area contributed by atoms with Crippen molar-refractivity contribution in [3.05, 3.63) is 42.6 Å². The number of fused-ring (bicyclic) bond motifs is 1. The van der Waals surface area contributed by atoms with Gasteiger partial charge in [-0.05, 0) is 35.3 Å². The Hall–Kier alpha value is -2.74. The fourth-order valence-electron chi connectivity index (χ4n) is 2.60. The summed E-state index contributed by atoms with van der Waals surface area (Å²) in [5, 5.41) is 18.4. The Kier molecular flexibility index (Phi) is 4.30. The van der Waals surface area contributed by atoms with Crippen molar-refractivity contribution in [1.82, 2.24) is 10.2 Å². The maximum Gasteiger partial charge on any atom is 0.394 e. The van der Waals surface area contributed by atoms with Gasteiger partial charge in [-0.1, -0.05) is 19.0 Å². The van der Waals surface area contributed by atoms with Crippen molar-refractivity contribution in [3.63, 3.8) is 0 Å². The van der Waals surface area contributed by atoms with E-state index < -0.39 is 13.0 Å². The minimum absolute atomic E-state index is 0.0143. The molecule has 0 aliphatic carbocycles. The summed E-state index contributed by atoms with van der Waals surface area (Å²) < 4.78 is 31.5. The van der Waals surface area contributed by atoms with Gasteiger partial charge in [0.15, 0.2) is 0 Å². The summed E-state index contributed by atoms with van der Waals surface area (Å²) in [5.41, 5.74) is 8.55. The molecule has 8 heteroatoms. The summed E-state index contributed by atoms with van der Waals surface area (Å²) in [6, 6.07) is 9.63. The molecule has 2 aromatic carbocycles. The van der Waals surface area contributed by atoms with Crippen LogP contribution in [0.4, 0.5) is 14.5 Å². The Labute approximate surface area is 143 Å². The monoisotopic (exact) mass is 343 g/mol. The second-order valence-corrected chi connectivity index (χ2v) is 5.87. The number of hydrogen-bond donors (Lipinski definition) is 2. The lowest BCUT2D eigenvalue weighted by Crippen LogP contribution is -2.27. The lowest BCUT2D eigenvalue weighted by molar-refractivity contribution is -0.158. The maximum atomic E-state index is 13.4. The first kappa shape index (κ1) is 17.1. The molecule has 0 saturated carbocycles. The van der Waals surface area contributed by atoms with Gasteiger partial charge in [-0.3, -0.25) is 0 Å². The molecule has 3 rings (SSSR count). The molecule has 0 bridgehead atoms. The number of ether oxygens (including phenoxy) is 1. The van der Waals surface area contributed by atoms with Crippen LogP contribution >= 0.6 is 0 Å². The van der Waals surface area contributed by atoms with Crippen molar-refractivity contribution in [2.75, 3.05) is 5.73 Å². The van der Waals surface area contributed by atoms with Crippen molar-refractivity contribution < 1.29 is 18.5 Å². The highest BCUT2D eigenvalue weighted by atomic mass is 19.3. The van der Waals surface area contributed by atoms with Gasteiger partial charge in [0, 0.05) is 23.6 Å². The van der Waals surface area contributed by atoms with Gasteiger partial charge in [-0.25, -0.2) is 0 Å². The zero-order valence-electron chi connectivity index (χ0n) is 13.7. The molecule has 0 spiro atoms. The van der Waals surface area contributed by atoms with E-state index in [1.807, 2.05) is 0 Å². The van der Waals surface area contributed by atoms with Gasteiger partial charge in [-0.2, -0.15) is 19.0 Å². The van der Waals surface area contributed by atoms with Crippen molar-refractivity contribution >= 4 is 29.0 Å². The number of anilines is 1. The van der Waals surface area contributed by atoms with Crippen LogP contribution in [0.15, 0.2) is 42.6 Å². The molecule has 1 heterocycles. The zero-order valence-corrected chi connectivity index (χ0v) is 13.7. The smallest absolute Gasteiger partial charge is 0.394 e. The van der Waals surface area contributed by atoms with E-state index in [0.29, 0.717) is 40.1 Å². The van der Waals surface area contributed by atoms with E-state index in [4.69, 9.17) is 10.5 Å². The molecular formula is C17H16BF2N3O2. The largest absolute Gasteiger partial charge is 0.447 e. The number of alkyl halides is 2. The average molecular weight is 343 g/mol. The number of aromatic nitrogens is 2. The standard InChI is InChI=1S/C17H16BF2N3O2/c1-17(19,20)25-16-4-3-11(18(2)24)9-13(16)10-7-14(21)12-5-6-22-23-15(12)8-10/h3-9,24H,21H2,1-2H3. The van der Waals surface area contributed by atoms with Gasteiger partial charge in [0.1, 0.15) is 5.75 Å². The molecule has 0 radical (unpaired) electrons. The lowest BCUT2D eigenvalue weighted by Gasteiger charge is -2.18. The van der Waals surface area contributed by atoms with Crippen molar-refractivity contribution in [1.29, 1.82) is 0 Å². The van der Waals surface area contributed by atoms with Crippen LogP contribution < -0.4 is 15.9 Å². The summed E-state index contributed by atoms with van der Waals surface area (Å²) in [4.78, 5) is 0. The Morgan fingerprint density at radius 1 is 1.20 bits per heavy atom. The summed E-state index contributed by atoms with van der Waals surface area (Å²) in [5.74, 6) is -0.0143. The third-order valence-electron chi connectivity index (χ3n) is 3.75.